The van der Waals surface area contributed by atoms with Crippen LogP contribution in [0.2, 0.25) is 0 Å². The third-order valence-corrected chi connectivity index (χ3v) is 6.63. The van der Waals surface area contributed by atoms with Crippen LogP contribution in [0.1, 0.15) is 63.5 Å². The summed E-state index contributed by atoms with van der Waals surface area (Å²) in [5.41, 5.74) is 2.24. The van der Waals surface area contributed by atoms with Gasteiger partial charge in [0.05, 0.1) is 30.6 Å². The average Bonchev–Trinajstić information content (AvgIpc) is 3.25. The lowest BCUT2D eigenvalue weighted by atomic mass is 10.1. The minimum absolute atomic E-state index is 0.0940. The number of aromatic nitrogens is 3. The van der Waals surface area contributed by atoms with Gasteiger partial charge in [-0.1, -0.05) is 39.8 Å². The lowest BCUT2D eigenvalue weighted by Crippen LogP contribution is -2.25. The number of allylic oxidation sites excluding steroid dienone is 4. The van der Waals surface area contributed by atoms with Crippen LogP contribution in [0.4, 0.5) is 5.69 Å². The van der Waals surface area contributed by atoms with Gasteiger partial charge < -0.3 is 19.5 Å². The normalized spacial score (nSPS) is 11.3. The fourth-order valence-corrected chi connectivity index (χ4v) is 4.42. The number of fused-ring (bicyclic) bond motifs is 1. The van der Waals surface area contributed by atoms with Crippen molar-refractivity contribution in [1.82, 2.24) is 14.3 Å². The number of methoxy groups -OCH3 is 1. The van der Waals surface area contributed by atoms with E-state index in [2.05, 4.69) is 10.3 Å². The van der Waals surface area contributed by atoms with Crippen LogP contribution in [0.15, 0.2) is 71.7 Å². The molecule has 2 heterocycles. The highest BCUT2D eigenvalue weighted by molar-refractivity contribution is 6.05. The highest BCUT2D eigenvalue weighted by atomic mass is 16.5. The first-order valence-corrected chi connectivity index (χ1v) is 14.6. The van der Waals surface area contributed by atoms with E-state index < -0.39 is 5.91 Å². The molecule has 4 rings (SSSR count). The van der Waals surface area contributed by atoms with Crippen LogP contribution >= 0.6 is 0 Å². The Labute approximate surface area is 253 Å². The molecule has 0 aliphatic heterocycles. The predicted molar refractivity (Wildman–Crippen MR) is 174 cm³/mol. The molecule has 0 unspecified atom stereocenters. The number of hydrogen-bond donors (Lipinski definition) is 1. The van der Waals surface area contributed by atoms with Crippen molar-refractivity contribution in [2.45, 2.75) is 54.4 Å². The maximum Gasteiger partial charge on any atom is 0.284 e. The van der Waals surface area contributed by atoms with E-state index in [-0.39, 0.29) is 11.1 Å². The number of ether oxygens (including phenoxy) is 3. The molecular formula is C34H42N4O5. The van der Waals surface area contributed by atoms with Gasteiger partial charge >= 0.3 is 0 Å². The summed E-state index contributed by atoms with van der Waals surface area (Å²) in [6.45, 7) is 12.3. The smallest absolute Gasteiger partial charge is 0.284 e. The van der Waals surface area contributed by atoms with Crippen molar-refractivity contribution in [2.24, 2.45) is 7.05 Å². The Bertz CT molecular complexity index is 1660. The van der Waals surface area contributed by atoms with Crippen LogP contribution in [0.5, 0.6) is 23.0 Å². The van der Waals surface area contributed by atoms with E-state index in [0.717, 1.165) is 18.2 Å². The molecule has 0 aliphatic rings. The average molecular weight is 587 g/mol. The van der Waals surface area contributed by atoms with Gasteiger partial charge in [0, 0.05) is 30.4 Å². The van der Waals surface area contributed by atoms with Gasteiger partial charge in [0.1, 0.15) is 17.1 Å². The molecule has 0 fully saturated rings. The van der Waals surface area contributed by atoms with E-state index in [1.807, 2.05) is 65.0 Å². The summed E-state index contributed by atoms with van der Waals surface area (Å²) >= 11 is 0. The molecule has 228 valence electrons. The first kappa shape index (κ1) is 32.7. The lowest BCUT2D eigenvalue weighted by Gasteiger charge is -2.14. The number of benzene rings is 2. The molecule has 1 N–H and O–H groups in total. The van der Waals surface area contributed by atoms with E-state index in [0.29, 0.717) is 52.2 Å². The number of pyridine rings is 1. The summed E-state index contributed by atoms with van der Waals surface area (Å²) < 4.78 is 20.7. The number of amides is 1. The van der Waals surface area contributed by atoms with Crippen molar-refractivity contribution in [2.75, 3.05) is 19.0 Å². The molecule has 0 aliphatic carbocycles. The first-order chi connectivity index (χ1) is 20.8. The molecule has 43 heavy (non-hydrogen) atoms. The first-order valence-electron chi connectivity index (χ1n) is 14.6. The van der Waals surface area contributed by atoms with Crippen molar-refractivity contribution in [3.63, 3.8) is 0 Å². The zero-order chi connectivity index (χ0) is 31.5. The summed E-state index contributed by atoms with van der Waals surface area (Å²) in [6.07, 6.45) is 9.08. The SMILES string of the molecule is C/C=C(\C=C/CC)n1c(=O)c(C(=O)Nc2ccc(Oc3ccnc4cc(OCCC)c(OC)cc34)cc2)c(C)n1C.CC. The minimum atomic E-state index is -0.473. The third kappa shape index (κ3) is 7.35. The van der Waals surface area contributed by atoms with Gasteiger partial charge in [-0.15, -0.1) is 0 Å². The van der Waals surface area contributed by atoms with E-state index >= 15 is 0 Å². The molecule has 0 spiro atoms. The number of rotatable bonds is 11. The standard InChI is InChI=1S/C32H36N4O5.C2H6/c1-7-10-11-23(9-3)36-32(38)30(21(4)35(36)5)31(37)34-22-12-14-24(15-13-22)41-27-16-17-33-26-20-29(40-18-8-2)28(39-6)19-25(26)27;1-2/h9-17,19-20H,7-8,18H2,1-6H3,(H,34,37);1-2H3/b11-10-,23-9+;. The Kier molecular flexibility index (Phi) is 11.8. The molecule has 0 saturated heterocycles. The molecule has 0 atom stereocenters. The van der Waals surface area contributed by atoms with Crippen LogP contribution in [0.25, 0.3) is 16.6 Å². The summed E-state index contributed by atoms with van der Waals surface area (Å²) in [4.78, 5) is 30.9. The minimum Gasteiger partial charge on any atom is -0.493 e. The summed E-state index contributed by atoms with van der Waals surface area (Å²) in [6, 6.07) is 12.4. The molecule has 2 aromatic heterocycles. The summed E-state index contributed by atoms with van der Waals surface area (Å²) in [5, 5.41) is 3.61. The zero-order valence-electron chi connectivity index (χ0n) is 26.4. The highest BCUT2D eigenvalue weighted by Crippen LogP contribution is 2.37. The topological polar surface area (TPSA) is 96.6 Å². The Morgan fingerprint density at radius 1 is 1.05 bits per heavy atom. The van der Waals surface area contributed by atoms with Gasteiger partial charge in [-0.2, -0.15) is 0 Å². The summed E-state index contributed by atoms with van der Waals surface area (Å²) in [5.74, 6) is 1.93. The van der Waals surface area contributed by atoms with Crippen molar-refractivity contribution in [3.05, 3.63) is 88.5 Å². The number of hydrogen-bond acceptors (Lipinski definition) is 6. The van der Waals surface area contributed by atoms with E-state index in [4.69, 9.17) is 14.2 Å². The summed E-state index contributed by atoms with van der Waals surface area (Å²) in [7, 11) is 3.36. The molecule has 2 aromatic carbocycles. The quantitative estimate of drug-likeness (QED) is 0.181. The van der Waals surface area contributed by atoms with Crippen molar-refractivity contribution in [3.8, 4) is 23.0 Å². The molecule has 0 bridgehead atoms. The van der Waals surface area contributed by atoms with Gasteiger partial charge in [-0.3, -0.25) is 19.3 Å². The Hall–Kier alpha value is -4.79. The highest BCUT2D eigenvalue weighted by Gasteiger charge is 2.22. The Morgan fingerprint density at radius 2 is 1.77 bits per heavy atom. The second-order valence-electron chi connectivity index (χ2n) is 9.38. The Balaban J connectivity index is 0.00000248. The van der Waals surface area contributed by atoms with Crippen LogP contribution in [-0.4, -0.2) is 34.0 Å². The van der Waals surface area contributed by atoms with Crippen LogP contribution < -0.4 is 25.1 Å². The molecule has 0 saturated carbocycles. The van der Waals surface area contributed by atoms with Crippen LogP contribution in [-0.2, 0) is 7.05 Å². The second-order valence-corrected chi connectivity index (χ2v) is 9.38. The number of nitrogens with zero attached hydrogens (tertiary/aromatic N) is 3. The van der Waals surface area contributed by atoms with E-state index in [1.165, 1.54) is 4.68 Å². The molecule has 9 nitrogen and oxygen atoms in total. The van der Waals surface area contributed by atoms with Crippen molar-refractivity contribution < 1.29 is 19.0 Å². The molecule has 0 radical (unpaired) electrons. The monoisotopic (exact) mass is 586 g/mol. The largest absolute Gasteiger partial charge is 0.493 e. The number of nitrogens with one attached hydrogen (secondary N) is 1. The van der Waals surface area contributed by atoms with Crippen LogP contribution in [0, 0.1) is 6.92 Å². The van der Waals surface area contributed by atoms with Gasteiger partial charge in [0.15, 0.2) is 11.5 Å². The maximum atomic E-state index is 13.3. The van der Waals surface area contributed by atoms with Gasteiger partial charge in [-0.25, -0.2) is 4.68 Å². The fraction of sp³-hybridized carbons (Fsp3) is 0.324. The van der Waals surface area contributed by atoms with E-state index in [9.17, 15) is 9.59 Å². The zero-order valence-corrected chi connectivity index (χ0v) is 26.4. The van der Waals surface area contributed by atoms with Crippen molar-refractivity contribution >= 4 is 28.2 Å². The molecule has 9 heteroatoms. The lowest BCUT2D eigenvalue weighted by molar-refractivity contribution is 0.102. The second kappa shape index (κ2) is 15.4. The number of anilines is 1. The van der Waals surface area contributed by atoms with Gasteiger partial charge in [0.2, 0.25) is 0 Å². The third-order valence-electron chi connectivity index (χ3n) is 6.63. The number of carbonyl (C=O) groups excluding carboxylic acids is 1. The number of carbonyl (C=O) groups is 1. The van der Waals surface area contributed by atoms with Crippen molar-refractivity contribution in [1.29, 1.82) is 0 Å². The molecule has 1 amide bonds. The molecule has 4 aromatic rings. The maximum absolute atomic E-state index is 13.3. The van der Waals surface area contributed by atoms with Gasteiger partial charge in [-0.05, 0) is 69.2 Å². The van der Waals surface area contributed by atoms with Crippen LogP contribution in [0.3, 0.4) is 0 Å². The van der Waals surface area contributed by atoms with E-state index in [1.54, 1.807) is 62.3 Å². The fourth-order valence-electron chi connectivity index (χ4n) is 4.42. The Morgan fingerprint density at radius 3 is 2.40 bits per heavy atom. The molecular weight excluding hydrogens is 544 g/mol. The van der Waals surface area contributed by atoms with Gasteiger partial charge in [0.25, 0.3) is 11.5 Å². The predicted octanol–water partition coefficient (Wildman–Crippen LogP) is 7.74.